The van der Waals surface area contributed by atoms with E-state index in [1.165, 1.54) is 4.68 Å². The van der Waals surface area contributed by atoms with Crippen LogP contribution in [-0.2, 0) is 11.8 Å². The van der Waals surface area contributed by atoms with Crippen LogP contribution in [0.25, 0.3) is 0 Å². The minimum absolute atomic E-state index is 0.345. The zero-order valence-electron chi connectivity index (χ0n) is 9.52. The Kier molecular flexibility index (Phi) is 3.65. The summed E-state index contributed by atoms with van der Waals surface area (Å²) < 4.78 is 1.43. The first-order chi connectivity index (χ1) is 7.45. The number of nitrogens with one attached hydrogen (secondary N) is 1. The first-order valence-corrected chi connectivity index (χ1v) is 5.00. The number of carboxylic acid groups (broad SMARTS) is 1. The Morgan fingerprint density at radius 2 is 2.25 bits per heavy atom. The average molecular weight is 225 g/mol. The van der Waals surface area contributed by atoms with E-state index in [-0.39, 0.29) is 0 Å². The highest BCUT2D eigenvalue weighted by molar-refractivity contribution is 5.95. The van der Waals surface area contributed by atoms with Crippen LogP contribution in [0, 0.1) is 6.92 Å². The molecule has 1 amide bonds. The molecule has 1 unspecified atom stereocenters. The molecule has 1 aromatic heterocycles. The maximum Gasteiger partial charge on any atom is 0.326 e. The van der Waals surface area contributed by atoms with E-state index >= 15 is 0 Å². The summed E-state index contributed by atoms with van der Waals surface area (Å²) in [6.45, 7) is 3.47. The summed E-state index contributed by atoms with van der Waals surface area (Å²) in [4.78, 5) is 22.5. The van der Waals surface area contributed by atoms with Crippen LogP contribution in [-0.4, -0.2) is 32.8 Å². The Hall–Kier alpha value is -1.85. The Bertz CT molecular complexity index is 411. The SMILES string of the molecule is CCC(NC(=O)c1cc(C)nn1C)C(=O)O. The van der Waals surface area contributed by atoms with Gasteiger partial charge in [0.15, 0.2) is 0 Å². The molecule has 16 heavy (non-hydrogen) atoms. The van der Waals surface area contributed by atoms with Crippen molar-refractivity contribution in [2.24, 2.45) is 7.05 Å². The van der Waals surface area contributed by atoms with Crippen molar-refractivity contribution in [3.8, 4) is 0 Å². The van der Waals surface area contributed by atoms with Gasteiger partial charge in [0, 0.05) is 7.05 Å². The number of hydrogen-bond acceptors (Lipinski definition) is 3. The van der Waals surface area contributed by atoms with Gasteiger partial charge in [-0.1, -0.05) is 6.92 Å². The van der Waals surface area contributed by atoms with Gasteiger partial charge in [-0.25, -0.2) is 4.79 Å². The molecule has 2 N–H and O–H groups in total. The van der Waals surface area contributed by atoms with Crippen LogP contribution in [0.2, 0.25) is 0 Å². The molecule has 0 aromatic carbocycles. The summed E-state index contributed by atoms with van der Waals surface area (Å²) in [6.07, 6.45) is 0.345. The standard InChI is InChI=1S/C10H15N3O3/c1-4-7(10(15)16)11-9(14)8-5-6(2)12-13(8)3/h5,7H,4H2,1-3H3,(H,11,14)(H,15,16). The number of aryl methyl sites for hydroxylation is 2. The number of hydrogen-bond donors (Lipinski definition) is 2. The fraction of sp³-hybridized carbons (Fsp3) is 0.500. The molecule has 88 valence electrons. The van der Waals surface area contributed by atoms with Gasteiger partial charge >= 0.3 is 5.97 Å². The molecule has 6 nitrogen and oxygen atoms in total. The fourth-order valence-electron chi connectivity index (χ4n) is 1.39. The van der Waals surface area contributed by atoms with Gasteiger partial charge in [0.05, 0.1) is 5.69 Å². The van der Waals surface area contributed by atoms with Crippen LogP contribution in [0.1, 0.15) is 29.5 Å². The molecule has 0 spiro atoms. The minimum atomic E-state index is -1.03. The minimum Gasteiger partial charge on any atom is -0.480 e. The van der Waals surface area contributed by atoms with Crippen molar-refractivity contribution in [3.63, 3.8) is 0 Å². The lowest BCUT2D eigenvalue weighted by atomic mass is 10.2. The maximum atomic E-state index is 11.7. The molecule has 0 saturated carbocycles. The molecule has 0 aliphatic heterocycles. The van der Waals surface area contributed by atoms with Crippen LogP contribution < -0.4 is 5.32 Å². The van der Waals surface area contributed by atoms with Crippen molar-refractivity contribution in [1.29, 1.82) is 0 Å². The molecular weight excluding hydrogens is 210 g/mol. The van der Waals surface area contributed by atoms with Crippen molar-refractivity contribution < 1.29 is 14.7 Å². The van der Waals surface area contributed by atoms with Gasteiger partial charge in [-0.15, -0.1) is 0 Å². The Morgan fingerprint density at radius 3 is 2.62 bits per heavy atom. The monoisotopic (exact) mass is 225 g/mol. The van der Waals surface area contributed by atoms with Gasteiger partial charge in [0.25, 0.3) is 5.91 Å². The van der Waals surface area contributed by atoms with Crippen molar-refractivity contribution in [3.05, 3.63) is 17.5 Å². The van der Waals surface area contributed by atoms with E-state index < -0.39 is 17.9 Å². The Labute approximate surface area is 93.3 Å². The largest absolute Gasteiger partial charge is 0.480 e. The topological polar surface area (TPSA) is 84.2 Å². The third-order valence-electron chi connectivity index (χ3n) is 2.25. The van der Waals surface area contributed by atoms with Gasteiger partial charge in [0.2, 0.25) is 0 Å². The number of carbonyl (C=O) groups excluding carboxylic acids is 1. The van der Waals surface area contributed by atoms with Gasteiger partial charge in [-0.2, -0.15) is 5.10 Å². The molecule has 1 rings (SSSR count). The number of carbonyl (C=O) groups is 2. The third-order valence-corrected chi connectivity index (χ3v) is 2.25. The van der Waals surface area contributed by atoms with Crippen LogP contribution in [0.3, 0.4) is 0 Å². The van der Waals surface area contributed by atoms with Crippen molar-refractivity contribution in [1.82, 2.24) is 15.1 Å². The van der Waals surface area contributed by atoms with Gasteiger partial charge < -0.3 is 10.4 Å². The first-order valence-electron chi connectivity index (χ1n) is 5.00. The van der Waals surface area contributed by atoms with E-state index in [4.69, 9.17) is 5.11 Å². The lowest BCUT2D eigenvalue weighted by Gasteiger charge is -2.11. The molecule has 0 aliphatic carbocycles. The van der Waals surface area contributed by atoms with Gasteiger partial charge in [-0.05, 0) is 19.4 Å². The molecular formula is C10H15N3O3. The van der Waals surface area contributed by atoms with E-state index in [0.29, 0.717) is 12.1 Å². The second-order valence-corrected chi connectivity index (χ2v) is 3.57. The fourth-order valence-corrected chi connectivity index (χ4v) is 1.39. The quantitative estimate of drug-likeness (QED) is 0.773. The molecule has 1 atom stereocenters. The number of rotatable bonds is 4. The molecule has 1 heterocycles. The van der Waals surface area contributed by atoms with Crippen molar-refractivity contribution in [2.75, 3.05) is 0 Å². The second-order valence-electron chi connectivity index (χ2n) is 3.57. The van der Waals surface area contributed by atoms with Crippen LogP contribution in [0.4, 0.5) is 0 Å². The lowest BCUT2D eigenvalue weighted by Crippen LogP contribution is -2.40. The zero-order chi connectivity index (χ0) is 12.3. The maximum absolute atomic E-state index is 11.7. The van der Waals surface area contributed by atoms with Crippen LogP contribution in [0.5, 0.6) is 0 Å². The third kappa shape index (κ3) is 2.59. The van der Waals surface area contributed by atoms with Crippen molar-refractivity contribution in [2.45, 2.75) is 26.3 Å². The Morgan fingerprint density at radius 1 is 1.62 bits per heavy atom. The number of amides is 1. The number of carboxylic acids is 1. The highest BCUT2D eigenvalue weighted by atomic mass is 16.4. The average Bonchev–Trinajstić information content (AvgIpc) is 2.53. The smallest absolute Gasteiger partial charge is 0.326 e. The number of aliphatic carboxylic acids is 1. The molecule has 0 fully saturated rings. The molecule has 0 radical (unpaired) electrons. The summed E-state index contributed by atoms with van der Waals surface area (Å²) >= 11 is 0. The van der Waals surface area contributed by atoms with E-state index in [0.717, 1.165) is 5.69 Å². The molecule has 0 saturated heterocycles. The van der Waals surface area contributed by atoms with E-state index in [1.807, 2.05) is 0 Å². The second kappa shape index (κ2) is 4.78. The summed E-state index contributed by atoms with van der Waals surface area (Å²) in [5.41, 5.74) is 1.08. The Balaban J connectivity index is 2.79. The summed E-state index contributed by atoms with van der Waals surface area (Å²) in [5.74, 6) is -1.45. The number of nitrogens with zero attached hydrogens (tertiary/aromatic N) is 2. The van der Waals surface area contributed by atoms with Gasteiger partial charge in [0.1, 0.15) is 11.7 Å². The molecule has 0 aliphatic rings. The summed E-state index contributed by atoms with van der Waals surface area (Å²) in [7, 11) is 1.64. The molecule has 6 heteroatoms. The predicted molar refractivity (Wildman–Crippen MR) is 57.1 cm³/mol. The molecule has 0 bridgehead atoms. The lowest BCUT2D eigenvalue weighted by molar-refractivity contribution is -0.139. The first kappa shape index (κ1) is 12.2. The molecule has 1 aromatic rings. The highest BCUT2D eigenvalue weighted by Gasteiger charge is 2.20. The summed E-state index contributed by atoms with van der Waals surface area (Å²) in [6, 6.07) is 0.756. The normalized spacial score (nSPS) is 12.2. The number of aromatic nitrogens is 2. The van der Waals surface area contributed by atoms with Crippen molar-refractivity contribution >= 4 is 11.9 Å². The van der Waals surface area contributed by atoms with Gasteiger partial charge in [-0.3, -0.25) is 9.48 Å². The summed E-state index contributed by atoms with van der Waals surface area (Å²) in [5, 5.41) is 15.3. The van der Waals surface area contributed by atoms with E-state index in [2.05, 4.69) is 10.4 Å². The van der Waals surface area contributed by atoms with Crippen LogP contribution in [0.15, 0.2) is 6.07 Å². The van der Waals surface area contributed by atoms with E-state index in [9.17, 15) is 9.59 Å². The highest BCUT2D eigenvalue weighted by Crippen LogP contribution is 2.02. The van der Waals surface area contributed by atoms with E-state index in [1.54, 1.807) is 27.0 Å². The zero-order valence-corrected chi connectivity index (χ0v) is 9.52. The predicted octanol–water partition coefficient (Wildman–Crippen LogP) is 0.322. The van der Waals surface area contributed by atoms with Crippen LogP contribution >= 0.6 is 0 Å².